The molecule has 1 fully saturated rings. The summed E-state index contributed by atoms with van der Waals surface area (Å²) >= 11 is 5.90. The van der Waals surface area contributed by atoms with Crippen LogP contribution in [0.15, 0.2) is 40.8 Å². The van der Waals surface area contributed by atoms with E-state index in [0.29, 0.717) is 11.5 Å². The molecule has 1 aliphatic rings. The molecule has 0 aliphatic carbocycles. The maximum atomic E-state index is 13.4. The predicted molar refractivity (Wildman–Crippen MR) is 120 cm³/mol. The van der Waals surface area contributed by atoms with E-state index in [1.165, 1.54) is 25.3 Å². The largest absolute Gasteiger partial charge is 0.455 e. The van der Waals surface area contributed by atoms with Gasteiger partial charge in [-0.3, -0.25) is 0 Å². The molecule has 1 N–H and O–H groups in total. The lowest BCUT2D eigenvalue weighted by Gasteiger charge is -2.28. The minimum absolute atomic E-state index is 0. The number of aromatic amines is 1. The SMILES string of the molecule is Cc1nc(N2CCCCC2)c2[nH]c(-c3ccc(-c4ccc(F)c(Cl)c4)o3)cc2n1.Cl. The van der Waals surface area contributed by atoms with Gasteiger partial charge >= 0.3 is 0 Å². The summed E-state index contributed by atoms with van der Waals surface area (Å²) in [6, 6.07) is 10.3. The van der Waals surface area contributed by atoms with Gasteiger partial charge < -0.3 is 14.3 Å². The van der Waals surface area contributed by atoms with Crippen LogP contribution in [-0.4, -0.2) is 28.0 Å². The van der Waals surface area contributed by atoms with Crippen molar-refractivity contribution in [1.82, 2.24) is 15.0 Å². The lowest BCUT2D eigenvalue weighted by Crippen LogP contribution is -2.30. The molecule has 0 unspecified atom stereocenters. The summed E-state index contributed by atoms with van der Waals surface area (Å²) in [6.07, 6.45) is 3.63. The molecule has 0 atom stereocenters. The quantitative estimate of drug-likeness (QED) is 0.395. The zero-order chi connectivity index (χ0) is 20.0. The van der Waals surface area contributed by atoms with Gasteiger partial charge in [0.2, 0.25) is 0 Å². The van der Waals surface area contributed by atoms with Crippen LogP contribution < -0.4 is 4.90 Å². The van der Waals surface area contributed by atoms with Crippen LogP contribution >= 0.6 is 24.0 Å². The van der Waals surface area contributed by atoms with Crippen molar-refractivity contribution >= 4 is 40.9 Å². The van der Waals surface area contributed by atoms with Crippen molar-refractivity contribution in [3.05, 3.63) is 53.1 Å². The molecule has 4 aromatic rings. The number of piperidine rings is 1. The molecule has 156 valence electrons. The number of aryl methyl sites for hydroxylation is 1. The standard InChI is InChI=1S/C22H20ClFN4O.ClH/c1-13-25-18-12-17(27-21(18)22(26-13)28-9-3-2-4-10-28)20-8-7-19(29-20)14-5-6-16(24)15(23)11-14;/h5-8,11-12,27H,2-4,9-10H2,1H3;1H. The van der Waals surface area contributed by atoms with Gasteiger partial charge in [0, 0.05) is 18.7 Å². The van der Waals surface area contributed by atoms with Crippen LogP contribution in [0.4, 0.5) is 10.2 Å². The Morgan fingerprint density at radius 1 is 1.03 bits per heavy atom. The normalized spacial score (nSPS) is 14.2. The number of hydrogen-bond donors (Lipinski definition) is 1. The second kappa shape index (κ2) is 8.28. The zero-order valence-electron chi connectivity index (χ0n) is 16.4. The molecule has 0 spiro atoms. The van der Waals surface area contributed by atoms with E-state index in [4.69, 9.17) is 21.0 Å². The third-order valence-electron chi connectivity index (χ3n) is 5.30. The molecule has 30 heavy (non-hydrogen) atoms. The van der Waals surface area contributed by atoms with Gasteiger partial charge in [-0.15, -0.1) is 12.4 Å². The molecule has 0 amide bonds. The highest BCUT2D eigenvalue weighted by atomic mass is 35.5. The molecule has 0 saturated carbocycles. The van der Waals surface area contributed by atoms with Gasteiger partial charge in [-0.05, 0) is 62.6 Å². The Labute approximate surface area is 184 Å². The zero-order valence-corrected chi connectivity index (χ0v) is 18.0. The van der Waals surface area contributed by atoms with Gasteiger partial charge in [0.1, 0.15) is 22.9 Å². The van der Waals surface area contributed by atoms with Gasteiger partial charge in [-0.2, -0.15) is 0 Å². The molecule has 1 aliphatic heterocycles. The first-order valence-electron chi connectivity index (χ1n) is 9.76. The van der Waals surface area contributed by atoms with Crippen molar-refractivity contribution in [1.29, 1.82) is 0 Å². The van der Waals surface area contributed by atoms with Crippen LogP contribution in [0, 0.1) is 12.7 Å². The van der Waals surface area contributed by atoms with Gasteiger partial charge in [-0.1, -0.05) is 11.6 Å². The molecular formula is C22H21Cl2FN4O. The first-order chi connectivity index (χ1) is 14.1. The molecular weight excluding hydrogens is 426 g/mol. The number of nitrogens with one attached hydrogen (secondary N) is 1. The number of rotatable bonds is 3. The monoisotopic (exact) mass is 446 g/mol. The van der Waals surface area contributed by atoms with Crippen molar-refractivity contribution < 1.29 is 8.81 Å². The number of hydrogen-bond acceptors (Lipinski definition) is 4. The van der Waals surface area contributed by atoms with E-state index >= 15 is 0 Å². The van der Waals surface area contributed by atoms with Crippen LogP contribution in [0.1, 0.15) is 25.1 Å². The summed E-state index contributed by atoms with van der Waals surface area (Å²) in [6.45, 7) is 3.94. The van der Waals surface area contributed by atoms with E-state index in [0.717, 1.165) is 47.0 Å². The minimum atomic E-state index is -0.447. The Morgan fingerprint density at radius 2 is 1.80 bits per heavy atom. The molecule has 4 heterocycles. The number of anilines is 1. The molecule has 8 heteroatoms. The fraction of sp³-hybridized carbons (Fsp3) is 0.273. The summed E-state index contributed by atoms with van der Waals surface area (Å²) < 4.78 is 19.5. The van der Waals surface area contributed by atoms with Crippen molar-refractivity contribution in [3.8, 4) is 22.8 Å². The Hall–Kier alpha value is -2.57. The predicted octanol–water partition coefficient (Wildman–Crippen LogP) is 6.40. The van der Waals surface area contributed by atoms with Gasteiger partial charge in [-0.25, -0.2) is 14.4 Å². The molecule has 0 radical (unpaired) electrons. The maximum Gasteiger partial charge on any atom is 0.156 e. The lowest BCUT2D eigenvalue weighted by molar-refractivity contribution is 0.574. The fourth-order valence-electron chi connectivity index (χ4n) is 3.87. The average Bonchev–Trinajstić information content (AvgIpc) is 3.37. The second-order valence-electron chi connectivity index (χ2n) is 7.38. The van der Waals surface area contributed by atoms with Gasteiger partial charge in [0.05, 0.1) is 16.2 Å². The number of aromatic nitrogens is 3. The summed E-state index contributed by atoms with van der Waals surface area (Å²) in [5.74, 6) is 2.57. The average molecular weight is 447 g/mol. The van der Waals surface area contributed by atoms with E-state index in [1.807, 2.05) is 25.1 Å². The first-order valence-corrected chi connectivity index (χ1v) is 10.1. The number of benzene rings is 1. The molecule has 5 rings (SSSR count). The highest BCUT2D eigenvalue weighted by Gasteiger charge is 2.19. The summed E-state index contributed by atoms with van der Waals surface area (Å²) in [4.78, 5) is 15.1. The third kappa shape index (κ3) is 3.77. The lowest BCUT2D eigenvalue weighted by atomic mass is 10.1. The van der Waals surface area contributed by atoms with Crippen LogP contribution in [0.3, 0.4) is 0 Å². The van der Waals surface area contributed by atoms with Crippen molar-refractivity contribution in [2.24, 2.45) is 0 Å². The Bertz CT molecular complexity index is 1200. The number of furan rings is 1. The first kappa shape index (κ1) is 20.7. The Morgan fingerprint density at radius 3 is 2.57 bits per heavy atom. The molecule has 1 saturated heterocycles. The van der Waals surface area contributed by atoms with Crippen LogP contribution in [0.25, 0.3) is 33.8 Å². The van der Waals surface area contributed by atoms with E-state index in [-0.39, 0.29) is 17.4 Å². The van der Waals surface area contributed by atoms with E-state index in [9.17, 15) is 4.39 Å². The Kier molecular flexibility index (Phi) is 5.71. The van der Waals surface area contributed by atoms with Crippen LogP contribution in [0.5, 0.6) is 0 Å². The number of H-pyrrole nitrogens is 1. The van der Waals surface area contributed by atoms with Crippen molar-refractivity contribution in [2.45, 2.75) is 26.2 Å². The van der Waals surface area contributed by atoms with Gasteiger partial charge in [0.25, 0.3) is 0 Å². The van der Waals surface area contributed by atoms with Crippen molar-refractivity contribution in [3.63, 3.8) is 0 Å². The summed E-state index contributed by atoms with van der Waals surface area (Å²) in [5.41, 5.74) is 3.35. The van der Waals surface area contributed by atoms with Crippen LogP contribution in [-0.2, 0) is 0 Å². The summed E-state index contributed by atoms with van der Waals surface area (Å²) in [7, 11) is 0. The topological polar surface area (TPSA) is 58.0 Å². The molecule has 1 aromatic carbocycles. The van der Waals surface area contributed by atoms with Crippen molar-refractivity contribution in [2.75, 3.05) is 18.0 Å². The van der Waals surface area contributed by atoms with Gasteiger partial charge in [0.15, 0.2) is 11.6 Å². The van der Waals surface area contributed by atoms with Crippen LogP contribution in [0.2, 0.25) is 5.02 Å². The molecule has 3 aromatic heterocycles. The second-order valence-corrected chi connectivity index (χ2v) is 7.79. The van der Waals surface area contributed by atoms with E-state index in [2.05, 4.69) is 14.9 Å². The maximum absolute atomic E-state index is 13.4. The minimum Gasteiger partial charge on any atom is -0.455 e. The highest BCUT2D eigenvalue weighted by molar-refractivity contribution is 6.31. The number of nitrogens with zero attached hydrogens (tertiary/aromatic N) is 3. The number of halogens is 3. The highest BCUT2D eigenvalue weighted by Crippen LogP contribution is 2.33. The smallest absolute Gasteiger partial charge is 0.156 e. The molecule has 5 nitrogen and oxygen atoms in total. The van der Waals surface area contributed by atoms with E-state index in [1.54, 1.807) is 12.1 Å². The summed E-state index contributed by atoms with van der Waals surface area (Å²) in [5, 5.41) is 0.0722. The fourth-order valence-corrected chi connectivity index (χ4v) is 4.05. The number of fused-ring (bicyclic) bond motifs is 1. The Balaban J connectivity index is 0.00000218. The molecule has 0 bridgehead atoms. The van der Waals surface area contributed by atoms with E-state index < -0.39 is 5.82 Å². The third-order valence-corrected chi connectivity index (χ3v) is 5.59.